The van der Waals surface area contributed by atoms with Crippen LogP contribution in [0.1, 0.15) is 4.88 Å². The van der Waals surface area contributed by atoms with Crippen LogP contribution in [0.5, 0.6) is 5.75 Å². The van der Waals surface area contributed by atoms with Gasteiger partial charge in [0, 0.05) is 4.88 Å². The van der Waals surface area contributed by atoms with Crippen molar-refractivity contribution < 1.29 is 21.9 Å². The van der Waals surface area contributed by atoms with Crippen LogP contribution in [-0.2, 0) is 16.6 Å². The van der Waals surface area contributed by atoms with Gasteiger partial charge < -0.3 is 4.74 Å². The Balaban J connectivity index is 2.07. The molecule has 0 unspecified atom stereocenters. The minimum absolute atomic E-state index is 0.0747. The lowest BCUT2D eigenvalue weighted by Gasteiger charge is -2.24. The average Bonchev–Trinajstić information content (AvgIpc) is 3.15. The third-order valence-electron chi connectivity index (χ3n) is 3.72. The number of benzene rings is 2. The Morgan fingerprint density at radius 2 is 1.77 bits per heavy atom. The summed E-state index contributed by atoms with van der Waals surface area (Å²) in [5, 5.41) is 1.84. The molecule has 4 nitrogen and oxygen atoms in total. The maximum absolute atomic E-state index is 13.6. The van der Waals surface area contributed by atoms with E-state index in [1.165, 1.54) is 18.4 Å². The Morgan fingerprint density at radius 1 is 1.04 bits per heavy atom. The molecule has 1 aromatic heterocycles. The zero-order chi connectivity index (χ0) is 18.7. The van der Waals surface area contributed by atoms with E-state index in [0.717, 1.165) is 21.3 Å². The summed E-state index contributed by atoms with van der Waals surface area (Å²) in [7, 11) is -2.59. The van der Waals surface area contributed by atoms with Crippen molar-refractivity contribution in [1.29, 1.82) is 0 Å². The Bertz CT molecular complexity index is 988. The van der Waals surface area contributed by atoms with Crippen LogP contribution in [0, 0.1) is 11.6 Å². The molecule has 0 atom stereocenters. The van der Waals surface area contributed by atoms with Crippen LogP contribution in [0.4, 0.5) is 14.5 Å². The van der Waals surface area contributed by atoms with Crippen LogP contribution in [0.2, 0.25) is 0 Å². The van der Waals surface area contributed by atoms with Crippen LogP contribution in [0.3, 0.4) is 0 Å². The number of rotatable bonds is 6. The molecule has 0 radical (unpaired) electrons. The van der Waals surface area contributed by atoms with Gasteiger partial charge in [-0.2, -0.15) is 0 Å². The van der Waals surface area contributed by atoms with Crippen molar-refractivity contribution in [3.63, 3.8) is 0 Å². The summed E-state index contributed by atoms with van der Waals surface area (Å²) in [6, 6.07) is 12.6. The number of sulfonamides is 1. The largest absolute Gasteiger partial charge is 0.497 e. The van der Waals surface area contributed by atoms with Crippen molar-refractivity contribution in [2.75, 3.05) is 11.4 Å². The average molecular weight is 395 g/mol. The highest BCUT2D eigenvalue weighted by Gasteiger charge is 2.26. The molecule has 2 aromatic carbocycles. The third-order valence-corrected chi connectivity index (χ3v) is 6.35. The second kappa shape index (κ2) is 7.43. The van der Waals surface area contributed by atoms with E-state index < -0.39 is 21.7 Å². The highest BCUT2D eigenvalue weighted by Crippen LogP contribution is 2.29. The first-order chi connectivity index (χ1) is 12.4. The summed E-state index contributed by atoms with van der Waals surface area (Å²) >= 11 is 1.41. The van der Waals surface area contributed by atoms with Crippen molar-refractivity contribution in [3.8, 4) is 5.75 Å². The van der Waals surface area contributed by atoms with Crippen molar-refractivity contribution in [2.24, 2.45) is 0 Å². The van der Waals surface area contributed by atoms with Gasteiger partial charge in [0.05, 0.1) is 24.2 Å². The van der Waals surface area contributed by atoms with E-state index in [9.17, 15) is 17.2 Å². The van der Waals surface area contributed by atoms with Crippen molar-refractivity contribution in [1.82, 2.24) is 0 Å². The Morgan fingerprint density at radius 3 is 2.35 bits per heavy atom. The van der Waals surface area contributed by atoms with E-state index >= 15 is 0 Å². The van der Waals surface area contributed by atoms with Crippen molar-refractivity contribution >= 4 is 27.0 Å². The minimum Gasteiger partial charge on any atom is -0.497 e. The van der Waals surface area contributed by atoms with Gasteiger partial charge in [0.15, 0.2) is 11.6 Å². The zero-order valence-corrected chi connectivity index (χ0v) is 15.4. The fourth-order valence-corrected chi connectivity index (χ4v) is 4.60. The predicted octanol–water partition coefficient (Wildman–Crippen LogP) is 4.43. The van der Waals surface area contributed by atoms with Crippen LogP contribution in [-0.4, -0.2) is 15.5 Å². The molecule has 0 bridgehead atoms. The molecule has 3 aromatic rings. The summed E-state index contributed by atoms with van der Waals surface area (Å²) in [4.78, 5) is 0.496. The van der Waals surface area contributed by atoms with Crippen molar-refractivity contribution in [3.05, 3.63) is 76.5 Å². The molecule has 0 amide bonds. The van der Waals surface area contributed by atoms with Crippen LogP contribution < -0.4 is 9.04 Å². The van der Waals surface area contributed by atoms with Crippen LogP contribution >= 0.6 is 11.3 Å². The molecule has 26 heavy (non-hydrogen) atoms. The van der Waals surface area contributed by atoms with Gasteiger partial charge in [-0.25, -0.2) is 17.2 Å². The minimum atomic E-state index is -4.10. The first kappa shape index (κ1) is 18.3. The monoisotopic (exact) mass is 395 g/mol. The molecule has 136 valence electrons. The Kier molecular flexibility index (Phi) is 5.24. The summed E-state index contributed by atoms with van der Waals surface area (Å²) < 4.78 is 59.2. The molecule has 3 rings (SSSR count). The smallest absolute Gasteiger partial charge is 0.264 e. The number of thiophene rings is 1. The maximum Gasteiger partial charge on any atom is 0.264 e. The summed E-state index contributed by atoms with van der Waals surface area (Å²) in [6.45, 7) is 0.0747. The Labute approximate surface area is 154 Å². The molecule has 0 aliphatic heterocycles. The topological polar surface area (TPSA) is 46.6 Å². The molecule has 8 heteroatoms. The molecular formula is C18H15F2NO3S2. The van der Waals surface area contributed by atoms with E-state index in [1.54, 1.807) is 24.3 Å². The number of hydrogen-bond donors (Lipinski definition) is 0. The highest BCUT2D eigenvalue weighted by molar-refractivity contribution is 7.92. The molecule has 0 aliphatic carbocycles. The predicted molar refractivity (Wildman–Crippen MR) is 97.0 cm³/mol. The molecule has 0 spiro atoms. The number of anilines is 1. The molecule has 0 saturated heterocycles. The van der Waals surface area contributed by atoms with E-state index in [1.807, 2.05) is 17.5 Å². The molecule has 0 N–H and O–H groups in total. The lowest BCUT2D eigenvalue weighted by atomic mass is 10.3. The second-order valence-corrected chi connectivity index (χ2v) is 8.26. The van der Waals surface area contributed by atoms with E-state index in [0.29, 0.717) is 17.5 Å². The summed E-state index contributed by atoms with van der Waals surface area (Å²) in [5.74, 6) is -1.73. The normalized spacial score (nSPS) is 11.3. The van der Waals surface area contributed by atoms with Gasteiger partial charge in [0.1, 0.15) is 5.75 Å². The lowest BCUT2D eigenvalue weighted by Crippen LogP contribution is -2.30. The van der Waals surface area contributed by atoms with Crippen LogP contribution in [0.15, 0.2) is 64.9 Å². The summed E-state index contributed by atoms with van der Waals surface area (Å²) in [6.07, 6.45) is 0. The second-order valence-electron chi connectivity index (χ2n) is 5.36. The van der Waals surface area contributed by atoms with E-state index in [-0.39, 0.29) is 11.4 Å². The van der Waals surface area contributed by atoms with Crippen molar-refractivity contribution in [2.45, 2.75) is 11.4 Å². The maximum atomic E-state index is 13.6. The Hall–Kier alpha value is -2.45. The first-order valence-corrected chi connectivity index (χ1v) is 9.88. The van der Waals surface area contributed by atoms with Gasteiger partial charge in [-0.3, -0.25) is 4.31 Å². The van der Waals surface area contributed by atoms with Crippen LogP contribution in [0.25, 0.3) is 0 Å². The molecule has 0 saturated carbocycles. The van der Waals surface area contributed by atoms with E-state index in [4.69, 9.17) is 4.74 Å². The molecule has 0 aliphatic rings. The summed E-state index contributed by atoms with van der Waals surface area (Å²) in [5.41, 5.74) is 0.393. The number of ether oxygens (including phenoxy) is 1. The first-order valence-electron chi connectivity index (χ1n) is 7.56. The zero-order valence-electron chi connectivity index (χ0n) is 13.7. The number of halogens is 2. The van der Waals surface area contributed by atoms with Gasteiger partial charge >= 0.3 is 0 Å². The molecule has 1 heterocycles. The number of hydrogen-bond acceptors (Lipinski definition) is 4. The van der Waals surface area contributed by atoms with Gasteiger partial charge in [-0.05, 0) is 53.9 Å². The molecule has 0 fully saturated rings. The van der Waals surface area contributed by atoms with Gasteiger partial charge in [0.2, 0.25) is 0 Å². The van der Waals surface area contributed by atoms with Gasteiger partial charge in [-0.15, -0.1) is 11.3 Å². The SMILES string of the molecule is COc1ccc(N(Cc2cccs2)S(=O)(=O)c2ccc(F)c(F)c2)cc1. The van der Waals surface area contributed by atoms with Gasteiger partial charge in [0.25, 0.3) is 10.0 Å². The standard InChI is InChI=1S/C18H15F2NO3S2/c1-24-14-6-4-13(5-7-14)21(12-15-3-2-10-25-15)26(22,23)16-8-9-17(19)18(20)11-16/h2-11H,12H2,1H3. The third kappa shape index (κ3) is 3.71. The highest BCUT2D eigenvalue weighted by atomic mass is 32.2. The van der Waals surface area contributed by atoms with E-state index in [2.05, 4.69) is 0 Å². The fourth-order valence-electron chi connectivity index (χ4n) is 2.37. The number of nitrogens with zero attached hydrogens (tertiary/aromatic N) is 1. The lowest BCUT2D eigenvalue weighted by molar-refractivity contribution is 0.415. The fraction of sp³-hybridized carbons (Fsp3) is 0.111. The quantitative estimate of drug-likeness (QED) is 0.620. The number of methoxy groups -OCH3 is 1. The molecular weight excluding hydrogens is 380 g/mol. The van der Waals surface area contributed by atoms with Gasteiger partial charge in [-0.1, -0.05) is 6.07 Å².